The van der Waals surface area contributed by atoms with E-state index in [0.717, 1.165) is 12.8 Å². The average Bonchev–Trinajstić information content (AvgIpc) is 3.03. The lowest BCUT2D eigenvalue weighted by Crippen LogP contribution is -2.14. The van der Waals surface area contributed by atoms with E-state index in [1.165, 1.54) is 12.1 Å². The number of anilines is 1. The first-order chi connectivity index (χ1) is 7.59. The molecule has 0 radical (unpaired) electrons. The zero-order valence-electron chi connectivity index (χ0n) is 8.59. The molecule has 1 aromatic carbocycles. The summed E-state index contributed by atoms with van der Waals surface area (Å²) in [5.74, 6) is -1.29. The molecule has 86 valence electrons. The number of nitrogens with one attached hydrogen (secondary N) is 1. The van der Waals surface area contributed by atoms with Gasteiger partial charge in [0, 0.05) is 12.1 Å². The number of hydrogen-bond donors (Lipinski definition) is 2. The van der Waals surface area contributed by atoms with E-state index in [4.69, 9.17) is 5.73 Å². The second-order valence-corrected chi connectivity index (χ2v) is 4.42. The second-order valence-electron chi connectivity index (χ2n) is 3.98. The van der Waals surface area contributed by atoms with Crippen molar-refractivity contribution in [1.29, 1.82) is 0 Å². The predicted molar refractivity (Wildman–Crippen MR) is 63.5 cm³/mol. The number of benzene rings is 1. The Morgan fingerprint density at radius 1 is 1.38 bits per heavy atom. The van der Waals surface area contributed by atoms with Crippen LogP contribution in [0.4, 0.5) is 14.5 Å². The van der Waals surface area contributed by atoms with Crippen LogP contribution in [0.2, 0.25) is 0 Å². The van der Waals surface area contributed by atoms with Crippen molar-refractivity contribution in [3.05, 3.63) is 29.3 Å². The van der Waals surface area contributed by atoms with Crippen LogP contribution in [0.1, 0.15) is 18.4 Å². The molecule has 0 atom stereocenters. The van der Waals surface area contributed by atoms with Crippen molar-refractivity contribution in [3.8, 4) is 0 Å². The molecule has 1 aromatic rings. The zero-order chi connectivity index (χ0) is 11.7. The minimum atomic E-state index is -0.978. The highest BCUT2D eigenvalue weighted by molar-refractivity contribution is 7.80. The Balaban J connectivity index is 2.19. The van der Waals surface area contributed by atoms with E-state index in [1.54, 1.807) is 0 Å². The van der Waals surface area contributed by atoms with Crippen LogP contribution in [0.15, 0.2) is 12.1 Å². The van der Waals surface area contributed by atoms with Crippen molar-refractivity contribution in [2.45, 2.75) is 12.8 Å². The van der Waals surface area contributed by atoms with Gasteiger partial charge in [-0.2, -0.15) is 0 Å². The minimum Gasteiger partial charge on any atom is -0.389 e. The summed E-state index contributed by atoms with van der Waals surface area (Å²) in [5, 5.41) is 2.88. The van der Waals surface area contributed by atoms with Crippen molar-refractivity contribution >= 4 is 22.9 Å². The Labute approximate surface area is 97.8 Å². The maximum atomic E-state index is 13.5. The summed E-state index contributed by atoms with van der Waals surface area (Å²) in [6.45, 7) is 0.683. The SMILES string of the molecule is NC(=S)c1ccc(NCC2CC2)c(F)c1F. The zero-order valence-corrected chi connectivity index (χ0v) is 9.41. The Hall–Kier alpha value is -1.23. The van der Waals surface area contributed by atoms with Crippen LogP contribution in [0, 0.1) is 17.6 Å². The lowest BCUT2D eigenvalue weighted by molar-refractivity contribution is 0.509. The van der Waals surface area contributed by atoms with Gasteiger partial charge < -0.3 is 11.1 Å². The highest BCUT2D eigenvalue weighted by atomic mass is 32.1. The smallest absolute Gasteiger partial charge is 0.182 e. The van der Waals surface area contributed by atoms with Crippen molar-refractivity contribution in [2.24, 2.45) is 11.7 Å². The summed E-state index contributed by atoms with van der Waals surface area (Å²) in [6.07, 6.45) is 2.31. The van der Waals surface area contributed by atoms with Gasteiger partial charge in [-0.1, -0.05) is 12.2 Å². The fourth-order valence-electron chi connectivity index (χ4n) is 1.45. The molecule has 0 saturated heterocycles. The van der Waals surface area contributed by atoms with Gasteiger partial charge in [-0.15, -0.1) is 0 Å². The molecule has 16 heavy (non-hydrogen) atoms. The van der Waals surface area contributed by atoms with Crippen molar-refractivity contribution in [1.82, 2.24) is 0 Å². The third-order valence-electron chi connectivity index (χ3n) is 2.63. The standard InChI is InChI=1S/C11H12F2N2S/c12-9-7(11(14)16)3-4-8(10(9)13)15-5-6-1-2-6/h3-4,6,15H,1-2,5H2,(H2,14,16). The van der Waals surface area contributed by atoms with Crippen molar-refractivity contribution in [3.63, 3.8) is 0 Å². The number of thiocarbonyl (C=S) groups is 1. The summed E-state index contributed by atoms with van der Waals surface area (Å²) >= 11 is 4.62. The average molecular weight is 242 g/mol. The third kappa shape index (κ3) is 2.29. The van der Waals surface area contributed by atoms with E-state index < -0.39 is 11.6 Å². The number of rotatable bonds is 4. The summed E-state index contributed by atoms with van der Waals surface area (Å²) in [4.78, 5) is -0.134. The van der Waals surface area contributed by atoms with Crippen LogP contribution in [0.5, 0.6) is 0 Å². The Morgan fingerprint density at radius 2 is 2.06 bits per heavy atom. The van der Waals surface area contributed by atoms with Crippen LogP contribution in [-0.2, 0) is 0 Å². The van der Waals surface area contributed by atoms with Crippen LogP contribution in [-0.4, -0.2) is 11.5 Å². The molecule has 2 nitrogen and oxygen atoms in total. The molecule has 3 N–H and O–H groups in total. The molecule has 1 fully saturated rings. The molecule has 1 saturated carbocycles. The highest BCUT2D eigenvalue weighted by Crippen LogP contribution is 2.29. The Morgan fingerprint density at radius 3 is 2.62 bits per heavy atom. The predicted octanol–water partition coefficient (Wildman–Crippen LogP) is 2.42. The fraction of sp³-hybridized carbons (Fsp3) is 0.364. The van der Waals surface area contributed by atoms with E-state index in [2.05, 4.69) is 17.5 Å². The van der Waals surface area contributed by atoms with Crippen LogP contribution >= 0.6 is 12.2 Å². The van der Waals surface area contributed by atoms with Gasteiger partial charge >= 0.3 is 0 Å². The molecule has 1 aliphatic carbocycles. The molecule has 0 aliphatic heterocycles. The van der Waals surface area contributed by atoms with Gasteiger partial charge in [0.2, 0.25) is 0 Å². The van der Waals surface area contributed by atoms with E-state index >= 15 is 0 Å². The van der Waals surface area contributed by atoms with E-state index in [1.807, 2.05) is 0 Å². The number of hydrogen-bond acceptors (Lipinski definition) is 2. The molecule has 0 aromatic heterocycles. The van der Waals surface area contributed by atoms with Gasteiger partial charge in [0.05, 0.1) is 5.69 Å². The molecule has 2 rings (SSSR count). The topological polar surface area (TPSA) is 38.0 Å². The first-order valence-corrected chi connectivity index (χ1v) is 5.52. The van der Waals surface area contributed by atoms with Crippen LogP contribution in [0.3, 0.4) is 0 Å². The molecular formula is C11H12F2N2S. The van der Waals surface area contributed by atoms with Gasteiger partial charge in [0.25, 0.3) is 0 Å². The van der Waals surface area contributed by atoms with Crippen LogP contribution in [0.25, 0.3) is 0 Å². The maximum Gasteiger partial charge on any atom is 0.182 e. The van der Waals surface area contributed by atoms with Crippen molar-refractivity contribution in [2.75, 3.05) is 11.9 Å². The van der Waals surface area contributed by atoms with Gasteiger partial charge in [-0.3, -0.25) is 0 Å². The highest BCUT2D eigenvalue weighted by Gasteiger charge is 2.22. The van der Waals surface area contributed by atoms with Gasteiger partial charge in [-0.05, 0) is 30.9 Å². The van der Waals surface area contributed by atoms with Gasteiger partial charge in [0.1, 0.15) is 4.99 Å². The summed E-state index contributed by atoms with van der Waals surface area (Å²) in [7, 11) is 0. The monoisotopic (exact) mass is 242 g/mol. The molecule has 0 unspecified atom stereocenters. The lowest BCUT2D eigenvalue weighted by atomic mass is 10.1. The third-order valence-corrected chi connectivity index (χ3v) is 2.85. The Bertz CT molecular complexity index is 430. The summed E-state index contributed by atoms with van der Waals surface area (Å²) in [5.41, 5.74) is 5.39. The van der Waals surface area contributed by atoms with Crippen molar-refractivity contribution < 1.29 is 8.78 Å². The van der Waals surface area contributed by atoms with E-state index in [0.29, 0.717) is 12.5 Å². The molecule has 0 spiro atoms. The maximum absolute atomic E-state index is 13.5. The molecule has 0 bridgehead atoms. The molecule has 5 heteroatoms. The first-order valence-electron chi connectivity index (χ1n) is 5.11. The molecule has 0 amide bonds. The summed E-state index contributed by atoms with van der Waals surface area (Å²) < 4.78 is 27.0. The second kappa shape index (κ2) is 4.33. The minimum absolute atomic E-state index is 0.0514. The largest absolute Gasteiger partial charge is 0.389 e. The van der Waals surface area contributed by atoms with Gasteiger partial charge in [0.15, 0.2) is 11.6 Å². The quantitative estimate of drug-likeness (QED) is 0.796. The number of nitrogens with two attached hydrogens (primary N) is 1. The first kappa shape index (κ1) is 11.3. The molecule has 1 aliphatic rings. The van der Waals surface area contributed by atoms with E-state index in [-0.39, 0.29) is 16.2 Å². The number of halogens is 2. The fourth-order valence-corrected chi connectivity index (χ4v) is 1.61. The Kier molecular flexibility index (Phi) is 3.05. The normalized spacial score (nSPS) is 14.9. The van der Waals surface area contributed by atoms with Gasteiger partial charge in [-0.25, -0.2) is 8.78 Å². The molecule has 0 heterocycles. The van der Waals surface area contributed by atoms with E-state index in [9.17, 15) is 8.78 Å². The molecular weight excluding hydrogens is 230 g/mol. The van der Waals surface area contributed by atoms with Crippen LogP contribution < -0.4 is 11.1 Å². The lowest BCUT2D eigenvalue weighted by Gasteiger charge is -2.09. The summed E-state index contributed by atoms with van der Waals surface area (Å²) in [6, 6.07) is 2.87.